The van der Waals surface area contributed by atoms with Crippen molar-refractivity contribution in [2.75, 3.05) is 20.5 Å². The third kappa shape index (κ3) is 1.82. The van der Waals surface area contributed by atoms with Crippen molar-refractivity contribution >= 4 is 33.7 Å². The Balaban J connectivity index is 2.43. The molecule has 0 saturated carbocycles. The summed E-state index contributed by atoms with van der Waals surface area (Å²) in [5.41, 5.74) is 1.18. The van der Waals surface area contributed by atoms with Gasteiger partial charge in [0, 0.05) is 11.5 Å². The van der Waals surface area contributed by atoms with Gasteiger partial charge in [-0.15, -0.1) is 0 Å². The molecule has 0 aliphatic rings. The Morgan fingerprint density at radius 3 is 2.50 bits per heavy atom. The summed E-state index contributed by atoms with van der Waals surface area (Å²) in [6.07, 6.45) is 1.86. The molecule has 0 saturated heterocycles. The standard InChI is InChI=1S/C13H13N3O3S/c1-18-8-4-6-7(5-9(8)19-2)14-11-10(6)12(17)16-13(15-11)20-3/h4-5H,1-3H3,(H2,14,15,16,17). The molecule has 2 heterocycles. The maximum atomic E-state index is 12.2. The van der Waals surface area contributed by atoms with Crippen LogP contribution < -0.4 is 15.0 Å². The van der Waals surface area contributed by atoms with Crippen LogP contribution in [0.4, 0.5) is 0 Å². The predicted octanol–water partition coefficient (Wildman–Crippen LogP) is 2.14. The van der Waals surface area contributed by atoms with E-state index in [2.05, 4.69) is 15.0 Å². The lowest BCUT2D eigenvalue weighted by atomic mass is 10.2. The summed E-state index contributed by atoms with van der Waals surface area (Å²) in [6.45, 7) is 0. The van der Waals surface area contributed by atoms with E-state index in [9.17, 15) is 4.79 Å². The fourth-order valence-corrected chi connectivity index (χ4v) is 2.58. The molecule has 2 N–H and O–H groups in total. The molecule has 0 spiro atoms. The van der Waals surface area contributed by atoms with Crippen LogP contribution in [0.2, 0.25) is 0 Å². The average Bonchev–Trinajstić information content (AvgIpc) is 2.82. The van der Waals surface area contributed by atoms with Crippen LogP contribution in [-0.2, 0) is 0 Å². The van der Waals surface area contributed by atoms with E-state index in [1.807, 2.05) is 6.26 Å². The molecule has 3 rings (SSSR count). The van der Waals surface area contributed by atoms with Crippen molar-refractivity contribution in [3.63, 3.8) is 0 Å². The first-order chi connectivity index (χ1) is 9.67. The first-order valence-electron chi connectivity index (χ1n) is 5.89. The molecular formula is C13H13N3O3S. The van der Waals surface area contributed by atoms with E-state index in [1.165, 1.54) is 11.8 Å². The maximum Gasteiger partial charge on any atom is 0.261 e. The van der Waals surface area contributed by atoms with E-state index in [4.69, 9.17) is 9.47 Å². The first kappa shape index (κ1) is 12.9. The second-order valence-corrected chi connectivity index (χ2v) is 4.97. The van der Waals surface area contributed by atoms with Gasteiger partial charge in [0.1, 0.15) is 5.65 Å². The highest BCUT2D eigenvalue weighted by Crippen LogP contribution is 2.34. The number of H-pyrrole nitrogens is 2. The number of rotatable bonds is 3. The monoisotopic (exact) mass is 291 g/mol. The zero-order valence-electron chi connectivity index (χ0n) is 11.2. The van der Waals surface area contributed by atoms with Gasteiger partial charge in [0.05, 0.1) is 25.1 Å². The maximum absolute atomic E-state index is 12.2. The second kappa shape index (κ2) is 4.75. The van der Waals surface area contributed by atoms with Crippen molar-refractivity contribution in [2.45, 2.75) is 5.16 Å². The Hall–Kier alpha value is -2.15. The Morgan fingerprint density at radius 1 is 1.15 bits per heavy atom. The van der Waals surface area contributed by atoms with E-state index >= 15 is 0 Å². The van der Waals surface area contributed by atoms with E-state index < -0.39 is 0 Å². The minimum atomic E-state index is -0.169. The lowest BCUT2D eigenvalue weighted by Gasteiger charge is -2.06. The lowest BCUT2D eigenvalue weighted by Crippen LogP contribution is -2.08. The van der Waals surface area contributed by atoms with Gasteiger partial charge in [0.15, 0.2) is 16.7 Å². The van der Waals surface area contributed by atoms with E-state index in [-0.39, 0.29) is 5.56 Å². The minimum absolute atomic E-state index is 0.169. The highest BCUT2D eigenvalue weighted by molar-refractivity contribution is 7.98. The fourth-order valence-electron chi connectivity index (χ4n) is 2.21. The van der Waals surface area contributed by atoms with Crippen molar-refractivity contribution in [3.8, 4) is 11.5 Å². The van der Waals surface area contributed by atoms with Gasteiger partial charge in [-0.2, -0.15) is 0 Å². The highest BCUT2D eigenvalue weighted by Gasteiger charge is 2.14. The summed E-state index contributed by atoms with van der Waals surface area (Å²) in [6, 6.07) is 3.58. The first-order valence-corrected chi connectivity index (χ1v) is 7.12. The predicted molar refractivity (Wildman–Crippen MR) is 79.1 cm³/mol. The molecular weight excluding hydrogens is 278 g/mol. The smallest absolute Gasteiger partial charge is 0.261 e. The topological polar surface area (TPSA) is 80.0 Å². The van der Waals surface area contributed by atoms with Crippen LogP contribution in [0, 0.1) is 0 Å². The molecule has 7 heteroatoms. The molecule has 0 amide bonds. The molecule has 6 nitrogen and oxygen atoms in total. The van der Waals surface area contributed by atoms with Crippen molar-refractivity contribution in [1.29, 1.82) is 0 Å². The largest absolute Gasteiger partial charge is 0.493 e. The van der Waals surface area contributed by atoms with Gasteiger partial charge < -0.3 is 19.4 Å². The van der Waals surface area contributed by atoms with Crippen LogP contribution in [0.25, 0.3) is 21.9 Å². The molecule has 1 aromatic carbocycles. The number of hydrogen-bond donors (Lipinski definition) is 2. The van der Waals surface area contributed by atoms with Crippen LogP contribution in [0.15, 0.2) is 22.1 Å². The number of benzene rings is 1. The summed E-state index contributed by atoms with van der Waals surface area (Å²) < 4.78 is 10.5. The number of aromatic nitrogens is 3. The van der Waals surface area contributed by atoms with Crippen LogP contribution in [0.1, 0.15) is 0 Å². The molecule has 3 aromatic rings. The second-order valence-electron chi connectivity index (χ2n) is 4.18. The number of nitrogens with one attached hydrogen (secondary N) is 2. The van der Waals surface area contributed by atoms with Crippen molar-refractivity contribution in [3.05, 3.63) is 22.5 Å². The molecule has 104 valence electrons. The van der Waals surface area contributed by atoms with Gasteiger partial charge >= 0.3 is 0 Å². The van der Waals surface area contributed by atoms with Crippen LogP contribution in [0.3, 0.4) is 0 Å². The highest BCUT2D eigenvalue weighted by atomic mass is 32.2. The number of fused-ring (bicyclic) bond motifs is 3. The van der Waals surface area contributed by atoms with Crippen molar-refractivity contribution in [2.24, 2.45) is 0 Å². The van der Waals surface area contributed by atoms with Gasteiger partial charge in [-0.1, -0.05) is 11.8 Å². The number of aromatic amines is 2. The SMILES string of the molecule is COc1cc2[nH]c3nc(SC)[nH]c(=O)c3c2cc1OC. The third-order valence-electron chi connectivity index (χ3n) is 3.14. The van der Waals surface area contributed by atoms with Gasteiger partial charge in [0.2, 0.25) is 0 Å². The normalized spacial score (nSPS) is 11.2. The summed E-state index contributed by atoms with van der Waals surface area (Å²) in [7, 11) is 3.13. The van der Waals surface area contributed by atoms with E-state index in [0.29, 0.717) is 27.7 Å². The lowest BCUT2D eigenvalue weighted by molar-refractivity contribution is 0.356. The Bertz CT molecular complexity index is 853. The van der Waals surface area contributed by atoms with Gasteiger partial charge in [0.25, 0.3) is 5.56 Å². The molecule has 2 aromatic heterocycles. The van der Waals surface area contributed by atoms with Crippen LogP contribution in [0.5, 0.6) is 11.5 Å². The molecule has 20 heavy (non-hydrogen) atoms. The van der Waals surface area contributed by atoms with E-state index in [1.54, 1.807) is 26.4 Å². The molecule has 0 aliphatic carbocycles. The number of thioether (sulfide) groups is 1. The molecule has 0 radical (unpaired) electrons. The van der Waals surface area contributed by atoms with E-state index in [0.717, 1.165) is 10.9 Å². The van der Waals surface area contributed by atoms with Crippen LogP contribution in [-0.4, -0.2) is 35.4 Å². The van der Waals surface area contributed by atoms with Crippen LogP contribution >= 0.6 is 11.8 Å². The Morgan fingerprint density at radius 2 is 1.85 bits per heavy atom. The summed E-state index contributed by atoms with van der Waals surface area (Å²) in [5.74, 6) is 1.18. The molecule has 0 aliphatic heterocycles. The van der Waals surface area contributed by atoms with Crippen molar-refractivity contribution in [1.82, 2.24) is 15.0 Å². The average molecular weight is 291 g/mol. The number of ether oxygens (including phenoxy) is 2. The summed E-state index contributed by atoms with van der Waals surface area (Å²) in [5, 5.41) is 1.87. The third-order valence-corrected chi connectivity index (χ3v) is 3.72. The number of hydrogen-bond acceptors (Lipinski definition) is 5. The Kier molecular flexibility index (Phi) is 3.06. The number of methoxy groups -OCH3 is 2. The molecule has 0 atom stereocenters. The van der Waals surface area contributed by atoms with Gasteiger partial charge in [-0.25, -0.2) is 4.98 Å². The van der Waals surface area contributed by atoms with Crippen molar-refractivity contribution < 1.29 is 9.47 Å². The summed E-state index contributed by atoms with van der Waals surface area (Å²) >= 11 is 1.39. The van der Waals surface area contributed by atoms with Gasteiger partial charge in [-0.05, 0) is 12.3 Å². The van der Waals surface area contributed by atoms with Gasteiger partial charge in [-0.3, -0.25) is 4.79 Å². The fraction of sp³-hybridized carbons (Fsp3) is 0.231. The minimum Gasteiger partial charge on any atom is -0.493 e. The summed E-state index contributed by atoms with van der Waals surface area (Å²) in [4.78, 5) is 22.4. The zero-order valence-corrected chi connectivity index (χ0v) is 12.1. The molecule has 0 bridgehead atoms. The quantitative estimate of drug-likeness (QED) is 0.571. The molecule has 0 fully saturated rings. The zero-order chi connectivity index (χ0) is 14.3. The Labute approximate surface area is 118 Å². The number of nitrogens with zero attached hydrogens (tertiary/aromatic N) is 1. The molecule has 0 unspecified atom stereocenters.